The van der Waals surface area contributed by atoms with Gasteiger partial charge in [-0.25, -0.2) is 4.79 Å². The van der Waals surface area contributed by atoms with Crippen LogP contribution in [0.2, 0.25) is 10.0 Å². The second-order valence-corrected chi connectivity index (χ2v) is 8.43. The number of carbonyl (C=O) groups is 1. The molecule has 2 aromatic rings. The van der Waals surface area contributed by atoms with Crippen LogP contribution in [0, 0.1) is 0 Å². The Bertz CT molecular complexity index is 846. The number of ether oxygens (including phenoxy) is 2. The Balaban J connectivity index is 1.66. The number of fused-ring (bicyclic) bond motifs is 1. The fourth-order valence-electron chi connectivity index (χ4n) is 2.90. The second kappa shape index (κ2) is 7.99. The Morgan fingerprint density at radius 2 is 1.85 bits per heavy atom. The van der Waals surface area contributed by atoms with E-state index in [1.165, 1.54) is 5.56 Å². The third kappa shape index (κ3) is 5.30. The molecule has 0 saturated carbocycles. The number of amides is 1. The highest BCUT2D eigenvalue weighted by Gasteiger charge is 2.25. The predicted octanol–water partition coefficient (Wildman–Crippen LogP) is 5.87. The molecular weight excluding hydrogens is 385 g/mol. The van der Waals surface area contributed by atoms with Crippen molar-refractivity contribution < 1.29 is 14.3 Å². The monoisotopic (exact) mass is 407 g/mol. The first-order valence-electron chi connectivity index (χ1n) is 8.88. The molecule has 0 radical (unpaired) electrons. The molecule has 0 aliphatic carbocycles. The van der Waals surface area contributed by atoms with Gasteiger partial charge in [0.15, 0.2) is 0 Å². The van der Waals surface area contributed by atoms with E-state index >= 15 is 0 Å². The maximum Gasteiger partial charge on any atom is 0.410 e. The van der Waals surface area contributed by atoms with Crippen molar-refractivity contribution in [1.29, 1.82) is 0 Å². The van der Waals surface area contributed by atoms with E-state index in [2.05, 4.69) is 6.07 Å². The van der Waals surface area contributed by atoms with Gasteiger partial charge in [-0.1, -0.05) is 35.3 Å². The van der Waals surface area contributed by atoms with E-state index in [-0.39, 0.29) is 6.09 Å². The highest BCUT2D eigenvalue weighted by Crippen LogP contribution is 2.27. The van der Waals surface area contributed by atoms with Crippen LogP contribution in [0.15, 0.2) is 36.4 Å². The topological polar surface area (TPSA) is 38.8 Å². The average molecular weight is 408 g/mol. The summed E-state index contributed by atoms with van der Waals surface area (Å²) in [5.74, 6) is 0.755. The van der Waals surface area contributed by atoms with Crippen LogP contribution in [-0.2, 0) is 24.3 Å². The minimum Gasteiger partial charge on any atom is -0.489 e. The quantitative estimate of drug-likeness (QED) is 0.638. The molecule has 0 unspecified atom stereocenters. The van der Waals surface area contributed by atoms with Gasteiger partial charge < -0.3 is 14.4 Å². The molecular formula is C21H23Cl2NO3. The molecule has 4 nitrogen and oxygen atoms in total. The number of halogens is 2. The van der Waals surface area contributed by atoms with Crippen molar-refractivity contribution in [3.8, 4) is 5.75 Å². The van der Waals surface area contributed by atoms with Crippen LogP contribution in [0.1, 0.15) is 37.5 Å². The van der Waals surface area contributed by atoms with E-state index in [9.17, 15) is 4.79 Å². The smallest absolute Gasteiger partial charge is 0.410 e. The maximum absolute atomic E-state index is 12.3. The number of rotatable bonds is 3. The highest BCUT2D eigenvalue weighted by molar-refractivity contribution is 6.42. The van der Waals surface area contributed by atoms with Crippen molar-refractivity contribution in [3.05, 3.63) is 63.1 Å². The van der Waals surface area contributed by atoms with Crippen LogP contribution in [0.3, 0.4) is 0 Å². The molecule has 0 atom stereocenters. The van der Waals surface area contributed by atoms with E-state index in [4.69, 9.17) is 32.7 Å². The number of benzene rings is 2. The molecule has 6 heteroatoms. The first-order chi connectivity index (χ1) is 12.7. The fraction of sp³-hybridized carbons (Fsp3) is 0.381. The van der Waals surface area contributed by atoms with Crippen LogP contribution in [0.5, 0.6) is 5.75 Å². The molecule has 27 heavy (non-hydrogen) atoms. The highest BCUT2D eigenvalue weighted by atomic mass is 35.5. The molecule has 0 N–H and O–H groups in total. The summed E-state index contributed by atoms with van der Waals surface area (Å²) in [5.41, 5.74) is 2.76. The Hall–Kier alpha value is -1.91. The lowest BCUT2D eigenvalue weighted by molar-refractivity contribution is 0.0223. The van der Waals surface area contributed by atoms with Crippen molar-refractivity contribution in [3.63, 3.8) is 0 Å². The number of hydrogen-bond acceptors (Lipinski definition) is 3. The van der Waals surface area contributed by atoms with Gasteiger partial charge in [0.1, 0.15) is 18.0 Å². The molecule has 0 bridgehead atoms. The largest absolute Gasteiger partial charge is 0.489 e. The summed E-state index contributed by atoms with van der Waals surface area (Å²) < 4.78 is 11.4. The lowest BCUT2D eigenvalue weighted by Gasteiger charge is -2.31. The summed E-state index contributed by atoms with van der Waals surface area (Å²) in [6.07, 6.45) is 0.525. The maximum atomic E-state index is 12.3. The van der Waals surface area contributed by atoms with E-state index in [1.807, 2.05) is 39.0 Å². The number of nitrogens with zero attached hydrogens (tertiary/aromatic N) is 1. The van der Waals surface area contributed by atoms with Crippen LogP contribution < -0.4 is 4.74 Å². The predicted molar refractivity (Wildman–Crippen MR) is 108 cm³/mol. The molecule has 0 fully saturated rings. The first kappa shape index (κ1) is 19.8. The van der Waals surface area contributed by atoms with Gasteiger partial charge in [-0.2, -0.15) is 0 Å². The summed E-state index contributed by atoms with van der Waals surface area (Å²) in [5, 5.41) is 1.03. The third-order valence-electron chi connectivity index (χ3n) is 4.23. The molecule has 2 aromatic carbocycles. The van der Waals surface area contributed by atoms with Gasteiger partial charge in [0.05, 0.1) is 10.0 Å². The van der Waals surface area contributed by atoms with Crippen molar-refractivity contribution in [2.24, 2.45) is 0 Å². The van der Waals surface area contributed by atoms with Crippen molar-refractivity contribution >= 4 is 29.3 Å². The SMILES string of the molecule is CC(C)(C)OC(=O)N1CCc2ccc(OCc3ccc(Cl)c(Cl)c3)cc2C1. The summed E-state index contributed by atoms with van der Waals surface area (Å²) in [4.78, 5) is 14.1. The van der Waals surface area contributed by atoms with E-state index < -0.39 is 5.60 Å². The Morgan fingerprint density at radius 1 is 1.07 bits per heavy atom. The summed E-state index contributed by atoms with van der Waals surface area (Å²) in [6.45, 7) is 7.19. The van der Waals surface area contributed by atoms with Gasteiger partial charge in [0.2, 0.25) is 0 Å². The van der Waals surface area contributed by atoms with Gasteiger partial charge in [0, 0.05) is 13.1 Å². The summed E-state index contributed by atoms with van der Waals surface area (Å²) in [6, 6.07) is 11.5. The zero-order valence-corrected chi connectivity index (χ0v) is 17.2. The van der Waals surface area contributed by atoms with Crippen molar-refractivity contribution in [1.82, 2.24) is 4.90 Å². The van der Waals surface area contributed by atoms with Crippen LogP contribution in [-0.4, -0.2) is 23.1 Å². The van der Waals surface area contributed by atoms with Crippen LogP contribution in [0.4, 0.5) is 4.79 Å². The second-order valence-electron chi connectivity index (χ2n) is 7.62. The fourth-order valence-corrected chi connectivity index (χ4v) is 3.22. The van der Waals surface area contributed by atoms with Gasteiger partial charge in [-0.05, 0) is 68.1 Å². The normalized spacial score (nSPS) is 13.9. The van der Waals surface area contributed by atoms with E-state index in [1.54, 1.807) is 17.0 Å². The lowest BCUT2D eigenvalue weighted by Crippen LogP contribution is -2.39. The van der Waals surface area contributed by atoms with Gasteiger partial charge >= 0.3 is 6.09 Å². The molecule has 1 heterocycles. The lowest BCUT2D eigenvalue weighted by atomic mass is 10.00. The molecule has 0 saturated heterocycles. The standard InChI is InChI=1S/C21H23Cl2NO3/c1-21(2,3)27-20(25)24-9-8-15-5-6-17(11-16(15)12-24)26-13-14-4-7-18(22)19(23)10-14/h4-7,10-11H,8-9,12-13H2,1-3H3. The molecule has 1 aliphatic rings. The van der Waals surface area contributed by atoms with E-state index in [0.29, 0.717) is 29.7 Å². The van der Waals surface area contributed by atoms with E-state index in [0.717, 1.165) is 23.3 Å². The number of carbonyl (C=O) groups excluding carboxylic acids is 1. The molecule has 1 aliphatic heterocycles. The van der Waals surface area contributed by atoms with Crippen molar-refractivity contribution in [2.45, 2.75) is 45.9 Å². The third-order valence-corrected chi connectivity index (χ3v) is 4.97. The molecule has 0 spiro atoms. The Morgan fingerprint density at radius 3 is 2.56 bits per heavy atom. The molecule has 144 valence electrons. The first-order valence-corrected chi connectivity index (χ1v) is 9.63. The minimum absolute atomic E-state index is 0.282. The number of hydrogen-bond donors (Lipinski definition) is 0. The Labute approximate surface area is 170 Å². The molecule has 1 amide bonds. The van der Waals surface area contributed by atoms with Gasteiger partial charge in [-0.3, -0.25) is 0 Å². The zero-order valence-electron chi connectivity index (χ0n) is 15.7. The summed E-state index contributed by atoms with van der Waals surface area (Å²) in [7, 11) is 0. The molecule has 0 aromatic heterocycles. The molecule has 3 rings (SSSR count). The average Bonchev–Trinajstić information content (AvgIpc) is 2.60. The zero-order chi connectivity index (χ0) is 19.6. The Kier molecular flexibility index (Phi) is 5.87. The minimum atomic E-state index is -0.498. The van der Waals surface area contributed by atoms with Crippen molar-refractivity contribution in [2.75, 3.05) is 6.54 Å². The van der Waals surface area contributed by atoms with Gasteiger partial charge in [-0.15, -0.1) is 0 Å². The summed E-state index contributed by atoms with van der Waals surface area (Å²) >= 11 is 12.0. The van der Waals surface area contributed by atoms with Gasteiger partial charge in [0.25, 0.3) is 0 Å². The van der Waals surface area contributed by atoms with Crippen LogP contribution >= 0.6 is 23.2 Å². The van der Waals surface area contributed by atoms with Crippen LogP contribution in [0.25, 0.3) is 0 Å².